The van der Waals surface area contributed by atoms with Crippen LogP contribution in [0.5, 0.6) is 0 Å². The van der Waals surface area contributed by atoms with Gasteiger partial charge in [-0.2, -0.15) is 0 Å². The number of sulfonamides is 1. The fraction of sp³-hybridized carbons (Fsp3) is 1.00. The van der Waals surface area contributed by atoms with Crippen molar-refractivity contribution in [2.45, 2.75) is 32.4 Å². The summed E-state index contributed by atoms with van der Waals surface area (Å²) >= 11 is 0. The van der Waals surface area contributed by atoms with Crippen molar-refractivity contribution in [1.29, 1.82) is 0 Å². The summed E-state index contributed by atoms with van der Waals surface area (Å²) < 4.78 is 46.3. The highest BCUT2D eigenvalue weighted by Crippen LogP contribution is 2.00. The molecule has 0 aliphatic heterocycles. The number of aliphatic hydroxyl groups is 1. The molecule has 0 aromatic carbocycles. The third-order valence-corrected chi connectivity index (χ3v) is 5.16. The van der Waals surface area contributed by atoms with Crippen molar-refractivity contribution in [1.82, 2.24) is 4.72 Å². The van der Waals surface area contributed by atoms with Crippen molar-refractivity contribution in [3.63, 3.8) is 0 Å². The van der Waals surface area contributed by atoms with E-state index in [0.717, 1.165) is 6.26 Å². The first-order valence-electron chi connectivity index (χ1n) is 4.37. The van der Waals surface area contributed by atoms with Crippen molar-refractivity contribution >= 4 is 19.9 Å². The molecule has 0 saturated carbocycles. The van der Waals surface area contributed by atoms with Gasteiger partial charge in [-0.1, -0.05) is 0 Å². The fourth-order valence-corrected chi connectivity index (χ4v) is 4.42. The van der Waals surface area contributed by atoms with Crippen molar-refractivity contribution in [2.24, 2.45) is 0 Å². The predicted octanol–water partition coefficient (Wildman–Crippen LogP) is -0.933. The number of nitrogens with one attached hydrogen (secondary N) is 1. The first kappa shape index (κ1) is 14.8. The smallest absolute Gasteiger partial charge is 0.226 e. The molecule has 92 valence electrons. The van der Waals surface area contributed by atoms with Crippen LogP contribution in [0.15, 0.2) is 0 Å². The maximum Gasteiger partial charge on any atom is 0.226 e. The fourth-order valence-electron chi connectivity index (χ4n) is 1.18. The summed E-state index contributed by atoms with van der Waals surface area (Å²) in [5.41, 5.74) is 0. The maximum absolute atomic E-state index is 11.3. The summed E-state index contributed by atoms with van der Waals surface area (Å²) in [6.07, 6.45) is 0.454. The first-order valence-corrected chi connectivity index (χ1v) is 8.09. The highest BCUT2D eigenvalue weighted by atomic mass is 32.3. The molecule has 0 heterocycles. The average Bonchev–Trinajstić information content (AvgIpc) is 1.73. The molecule has 2 N–H and O–H groups in total. The number of hydrogen-bond acceptors (Lipinski definition) is 5. The molecule has 0 aliphatic rings. The number of aliphatic hydroxyl groups excluding tert-OH is 1. The van der Waals surface area contributed by atoms with Gasteiger partial charge in [-0.25, -0.2) is 21.6 Å². The van der Waals surface area contributed by atoms with E-state index in [1.807, 2.05) is 0 Å². The lowest BCUT2D eigenvalue weighted by Crippen LogP contribution is -2.37. The zero-order valence-electron chi connectivity index (χ0n) is 8.97. The second-order valence-corrected chi connectivity index (χ2v) is 8.02. The van der Waals surface area contributed by atoms with Gasteiger partial charge >= 0.3 is 0 Å². The Morgan fingerprint density at radius 1 is 1.20 bits per heavy atom. The van der Waals surface area contributed by atoms with Crippen LogP contribution in [0.25, 0.3) is 0 Å². The number of hydrogen-bond donors (Lipinski definition) is 2. The van der Waals surface area contributed by atoms with E-state index in [2.05, 4.69) is 4.72 Å². The van der Waals surface area contributed by atoms with E-state index in [1.165, 1.54) is 6.92 Å². The topological polar surface area (TPSA) is 101 Å². The van der Waals surface area contributed by atoms with Crippen LogP contribution in [0.3, 0.4) is 0 Å². The molecule has 0 aromatic rings. The molecule has 0 aliphatic carbocycles. The molecule has 8 heteroatoms. The Morgan fingerprint density at radius 3 is 2.00 bits per heavy atom. The molecule has 0 radical (unpaired) electrons. The SMILES string of the molecule is CC(O)CC(C)NS(=O)(=O)CS(C)(=O)=O. The Kier molecular flexibility index (Phi) is 5.18. The molecule has 15 heavy (non-hydrogen) atoms. The van der Waals surface area contributed by atoms with Crippen molar-refractivity contribution in [3.05, 3.63) is 0 Å². The standard InChI is InChI=1S/C7H17NO5S2/c1-6(4-7(2)9)8-15(12,13)5-14(3,10)11/h6-9H,4-5H2,1-3H3. The van der Waals surface area contributed by atoms with Crippen molar-refractivity contribution in [3.8, 4) is 0 Å². The molecule has 2 atom stereocenters. The lowest BCUT2D eigenvalue weighted by atomic mass is 10.2. The van der Waals surface area contributed by atoms with Gasteiger partial charge in [0.15, 0.2) is 14.9 Å². The van der Waals surface area contributed by atoms with Gasteiger partial charge in [0.2, 0.25) is 10.0 Å². The molecule has 0 bridgehead atoms. The first-order chi connectivity index (χ1) is 6.52. The summed E-state index contributed by atoms with van der Waals surface area (Å²) in [6.45, 7) is 3.09. The minimum absolute atomic E-state index is 0.239. The van der Waals surface area contributed by atoms with Crippen LogP contribution in [0.2, 0.25) is 0 Å². The van der Waals surface area contributed by atoms with Gasteiger partial charge in [-0.3, -0.25) is 0 Å². The third kappa shape index (κ3) is 8.79. The largest absolute Gasteiger partial charge is 0.393 e. The molecular weight excluding hydrogens is 242 g/mol. The van der Waals surface area contributed by atoms with Crippen LogP contribution < -0.4 is 4.72 Å². The highest BCUT2D eigenvalue weighted by molar-refractivity contribution is 8.06. The van der Waals surface area contributed by atoms with Gasteiger partial charge in [0.25, 0.3) is 0 Å². The number of rotatable bonds is 6. The molecule has 0 aromatic heterocycles. The molecule has 0 fully saturated rings. The summed E-state index contributed by atoms with van der Waals surface area (Å²) in [5.74, 6) is 0. The van der Waals surface area contributed by atoms with Crippen molar-refractivity contribution in [2.75, 3.05) is 11.3 Å². The lowest BCUT2D eigenvalue weighted by molar-refractivity contribution is 0.175. The Hall–Kier alpha value is -0.180. The van der Waals surface area contributed by atoms with Crippen molar-refractivity contribution < 1.29 is 21.9 Å². The van der Waals surface area contributed by atoms with Crippen LogP contribution in [-0.4, -0.2) is 45.4 Å². The van der Waals surface area contributed by atoms with Gasteiger partial charge in [0.1, 0.15) is 0 Å². The predicted molar refractivity (Wildman–Crippen MR) is 57.5 cm³/mol. The molecule has 2 unspecified atom stereocenters. The van der Waals surface area contributed by atoms with Gasteiger partial charge in [0, 0.05) is 12.3 Å². The van der Waals surface area contributed by atoms with Crippen LogP contribution >= 0.6 is 0 Å². The maximum atomic E-state index is 11.3. The second kappa shape index (κ2) is 5.24. The quantitative estimate of drug-likeness (QED) is 0.641. The van der Waals surface area contributed by atoms with Gasteiger partial charge in [-0.15, -0.1) is 0 Å². The Balaban J connectivity index is 4.40. The highest BCUT2D eigenvalue weighted by Gasteiger charge is 2.20. The molecular formula is C7H17NO5S2. The average molecular weight is 259 g/mol. The zero-order chi connectivity index (χ0) is 12.3. The summed E-state index contributed by atoms with van der Waals surface area (Å²) in [7, 11) is -7.40. The molecule has 6 nitrogen and oxygen atoms in total. The minimum atomic E-state index is -3.83. The van der Waals surface area contributed by atoms with E-state index >= 15 is 0 Å². The Labute approximate surface area is 90.7 Å². The third-order valence-electron chi connectivity index (χ3n) is 1.44. The van der Waals surface area contributed by atoms with Crippen LogP contribution in [0.4, 0.5) is 0 Å². The van der Waals surface area contributed by atoms with E-state index in [1.54, 1.807) is 6.92 Å². The normalized spacial score (nSPS) is 17.3. The summed E-state index contributed by atoms with van der Waals surface area (Å²) in [4.78, 5) is 0. The monoisotopic (exact) mass is 259 g/mol. The van der Waals surface area contributed by atoms with E-state index < -0.39 is 37.1 Å². The van der Waals surface area contributed by atoms with E-state index in [-0.39, 0.29) is 6.42 Å². The van der Waals surface area contributed by atoms with Crippen LogP contribution in [0.1, 0.15) is 20.3 Å². The van der Waals surface area contributed by atoms with Crippen LogP contribution in [0, 0.1) is 0 Å². The summed E-state index contributed by atoms with van der Waals surface area (Å²) in [6, 6.07) is -0.489. The van der Waals surface area contributed by atoms with Gasteiger partial charge < -0.3 is 5.11 Å². The zero-order valence-corrected chi connectivity index (χ0v) is 10.6. The van der Waals surface area contributed by atoms with E-state index in [9.17, 15) is 16.8 Å². The van der Waals surface area contributed by atoms with E-state index in [4.69, 9.17) is 5.11 Å². The Bertz CT molecular complexity index is 384. The lowest BCUT2D eigenvalue weighted by Gasteiger charge is -2.14. The van der Waals surface area contributed by atoms with Gasteiger partial charge in [0.05, 0.1) is 6.10 Å². The van der Waals surface area contributed by atoms with Gasteiger partial charge in [-0.05, 0) is 20.3 Å². The minimum Gasteiger partial charge on any atom is -0.393 e. The Morgan fingerprint density at radius 2 is 1.67 bits per heavy atom. The van der Waals surface area contributed by atoms with E-state index in [0.29, 0.717) is 0 Å². The molecule has 0 saturated heterocycles. The second-order valence-electron chi connectivity index (χ2n) is 3.76. The molecule has 0 amide bonds. The molecule has 0 spiro atoms. The summed E-state index contributed by atoms with van der Waals surface area (Å²) in [5, 5.41) is 8.07. The van der Waals surface area contributed by atoms with Crippen LogP contribution in [-0.2, 0) is 19.9 Å². The molecule has 0 rings (SSSR count). The number of sulfone groups is 1.